The predicted octanol–water partition coefficient (Wildman–Crippen LogP) is 6.13. The van der Waals surface area contributed by atoms with Gasteiger partial charge in [-0.1, -0.05) is 83.5 Å². The van der Waals surface area contributed by atoms with Gasteiger partial charge in [0.25, 0.3) is 0 Å². The maximum Gasteiger partial charge on any atom is 0.333 e. The molecule has 0 spiro atoms. The van der Waals surface area contributed by atoms with Gasteiger partial charge in [-0.25, -0.2) is 4.79 Å². The topological polar surface area (TPSA) is 94.3 Å². The van der Waals surface area contributed by atoms with E-state index in [9.17, 15) is 4.79 Å². The molecule has 2 aromatic carbocycles. The Morgan fingerprint density at radius 1 is 0.923 bits per heavy atom. The molecular weight excluding hydrogens is 486 g/mol. The molecule has 3 aromatic heterocycles. The lowest BCUT2D eigenvalue weighted by atomic mass is 9.92. The third-order valence-electron chi connectivity index (χ3n) is 7.16. The van der Waals surface area contributed by atoms with Gasteiger partial charge < -0.3 is 0 Å². The Hall–Kier alpha value is -4.33. The highest BCUT2D eigenvalue weighted by molar-refractivity contribution is 5.79. The highest BCUT2D eigenvalue weighted by Gasteiger charge is 2.20. The van der Waals surface area contributed by atoms with Crippen LogP contribution in [0.5, 0.6) is 0 Å². The van der Waals surface area contributed by atoms with Crippen LogP contribution in [0, 0.1) is 0 Å². The minimum Gasteiger partial charge on any atom is -0.292 e. The number of hydrogen-bond acceptors (Lipinski definition) is 5. The van der Waals surface area contributed by atoms with E-state index >= 15 is 0 Å². The van der Waals surface area contributed by atoms with E-state index in [0.29, 0.717) is 24.2 Å². The molecule has 0 atom stereocenters. The largest absolute Gasteiger partial charge is 0.333 e. The first-order chi connectivity index (χ1) is 18.9. The summed E-state index contributed by atoms with van der Waals surface area (Å²) in [4.78, 5) is 18.2. The number of benzene rings is 2. The van der Waals surface area contributed by atoms with Gasteiger partial charge in [-0.05, 0) is 57.4 Å². The van der Waals surface area contributed by atoms with E-state index in [1.807, 2.05) is 15.2 Å². The van der Waals surface area contributed by atoms with Crippen molar-refractivity contribution in [1.82, 2.24) is 34.7 Å². The molecule has 5 aromatic rings. The van der Waals surface area contributed by atoms with E-state index in [1.165, 1.54) is 11.1 Å². The van der Waals surface area contributed by atoms with Gasteiger partial charge >= 0.3 is 5.69 Å². The summed E-state index contributed by atoms with van der Waals surface area (Å²) in [6, 6.07) is 16.7. The van der Waals surface area contributed by atoms with Gasteiger partial charge in [-0.15, -0.1) is 10.2 Å². The van der Waals surface area contributed by atoms with E-state index in [0.717, 1.165) is 46.5 Å². The number of aryl methyl sites for hydroxylation is 1. The van der Waals surface area contributed by atoms with Crippen LogP contribution in [0.1, 0.15) is 75.3 Å². The molecule has 0 bridgehead atoms. The standard InChI is InChI=1S/C31H35N7O/c1-6-8-24-19-38(29-25(20(2)3)9-7-10-26(29)21(4)5)31(39)37(24)18-22-11-13-23(14-12-22)27-15-16-32-17-28(27)30-33-35-36-34-30/h7,9-17,19-21H,6,8,18H2,1-5H3,(H,33,34,35,36). The zero-order valence-corrected chi connectivity index (χ0v) is 23.2. The number of para-hydroxylation sites is 1. The summed E-state index contributed by atoms with van der Waals surface area (Å²) in [5.74, 6) is 1.12. The molecule has 1 N–H and O–H groups in total. The molecule has 8 nitrogen and oxygen atoms in total. The average Bonchev–Trinajstić information content (AvgIpc) is 3.58. The van der Waals surface area contributed by atoms with Gasteiger partial charge in [-0.3, -0.25) is 14.1 Å². The van der Waals surface area contributed by atoms with Crippen LogP contribution >= 0.6 is 0 Å². The molecular formula is C31H35N7O. The minimum absolute atomic E-state index is 0.00560. The lowest BCUT2D eigenvalue weighted by molar-refractivity contribution is 0.688. The van der Waals surface area contributed by atoms with E-state index in [4.69, 9.17) is 0 Å². The second kappa shape index (κ2) is 11.2. The Balaban J connectivity index is 1.53. The number of imidazole rings is 1. The molecule has 0 aliphatic heterocycles. The van der Waals surface area contributed by atoms with Crippen LogP contribution in [-0.4, -0.2) is 34.7 Å². The fourth-order valence-corrected chi connectivity index (χ4v) is 5.17. The second-order valence-electron chi connectivity index (χ2n) is 10.6. The maximum absolute atomic E-state index is 14.0. The lowest BCUT2D eigenvalue weighted by Crippen LogP contribution is -2.26. The average molecular weight is 522 g/mol. The van der Waals surface area contributed by atoms with Gasteiger partial charge in [0, 0.05) is 29.8 Å². The normalized spacial score (nSPS) is 11.6. The van der Waals surface area contributed by atoms with Crippen LogP contribution in [0.25, 0.3) is 28.2 Å². The molecule has 0 unspecified atom stereocenters. The first-order valence-corrected chi connectivity index (χ1v) is 13.6. The molecule has 5 rings (SSSR count). The van der Waals surface area contributed by atoms with Crippen molar-refractivity contribution in [3.63, 3.8) is 0 Å². The van der Waals surface area contributed by atoms with Crippen LogP contribution < -0.4 is 5.69 Å². The third-order valence-corrected chi connectivity index (χ3v) is 7.16. The van der Waals surface area contributed by atoms with Crippen molar-refractivity contribution in [2.24, 2.45) is 0 Å². The molecule has 8 heteroatoms. The molecule has 0 saturated heterocycles. The Labute approximate surface area is 228 Å². The Morgan fingerprint density at radius 3 is 2.26 bits per heavy atom. The van der Waals surface area contributed by atoms with E-state index in [2.05, 4.69) is 109 Å². The van der Waals surface area contributed by atoms with Gasteiger partial charge in [-0.2, -0.15) is 5.21 Å². The number of nitrogens with one attached hydrogen (secondary N) is 1. The summed E-state index contributed by atoms with van der Waals surface area (Å²) < 4.78 is 3.81. The van der Waals surface area contributed by atoms with E-state index in [1.54, 1.807) is 12.4 Å². The minimum atomic E-state index is 0.00560. The number of tetrazole rings is 1. The summed E-state index contributed by atoms with van der Waals surface area (Å²) in [6.45, 7) is 11.4. The maximum atomic E-state index is 14.0. The van der Waals surface area contributed by atoms with E-state index < -0.39 is 0 Å². The van der Waals surface area contributed by atoms with Gasteiger partial charge in [0.05, 0.1) is 12.2 Å². The van der Waals surface area contributed by atoms with Crippen LogP contribution in [0.4, 0.5) is 0 Å². The first-order valence-electron chi connectivity index (χ1n) is 13.6. The molecule has 0 aliphatic rings. The number of pyridine rings is 1. The molecule has 0 fully saturated rings. The van der Waals surface area contributed by atoms with Gasteiger partial charge in [0.2, 0.25) is 5.82 Å². The highest BCUT2D eigenvalue weighted by atomic mass is 16.1. The molecule has 0 aliphatic carbocycles. The smallest absolute Gasteiger partial charge is 0.292 e. The zero-order chi connectivity index (χ0) is 27.5. The third kappa shape index (κ3) is 5.19. The Morgan fingerprint density at radius 2 is 1.64 bits per heavy atom. The Bertz CT molecular complexity index is 1580. The lowest BCUT2D eigenvalue weighted by Gasteiger charge is -2.19. The second-order valence-corrected chi connectivity index (χ2v) is 10.6. The number of aromatic amines is 1. The molecule has 200 valence electrons. The summed E-state index contributed by atoms with van der Waals surface area (Å²) in [5.41, 5.74) is 8.34. The number of aromatic nitrogens is 7. The van der Waals surface area contributed by atoms with E-state index in [-0.39, 0.29) is 5.69 Å². The van der Waals surface area contributed by atoms with Crippen molar-refractivity contribution in [3.05, 3.63) is 100.0 Å². The molecule has 0 amide bonds. The fourth-order valence-electron chi connectivity index (χ4n) is 5.17. The quantitative estimate of drug-likeness (QED) is 0.252. The molecule has 0 radical (unpaired) electrons. The van der Waals surface area contributed by atoms with Crippen molar-refractivity contribution >= 4 is 0 Å². The summed E-state index contributed by atoms with van der Waals surface area (Å²) in [6.07, 6.45) is 7.36. The van der Waals surface area contributed by atoms with Crippen LogP contribution in [0.15, 0.2) is 71.9 Å². The van der Waals surface area contributed by atoms with Crippen molar-refractivity contribution in [2.75, 3.05) is 0 Å². The zero-order valence-electron chi connectivity index (χ0n) is 23.2. The molecule has 0 saturated carbocycles. The molecule has 3 heterocycles. The summed E-state index contributed by atoms with van der Waals surface area (Å²) in [5, 5.41) is 14.4. The Kier molecular flexibility index (Phi) is 7.54. The summed E-state index contributed by atoms with van der Waals surface area (Å²) >= 11 is 0. The number of rotatable bonds is 9. The predicted molar refractivity (Wildman–Crippen MR) is 154 cm³/mol. The number of hydrogen-bond donors (Lipinski definition) is 1. The number of nitrogens with zero attached hydrogens (tertiary/aromatic N) is 6. The fraction of sp³-hybridized carbons (Fsp3) is 0.323. The monoisotopic (exact) mass is 521 g/mol. The SMILES string of the molecule is CCCc1cn(-c2c(C(C)C)cccc2C(C)C)c(=O)n1Cc1ccc(-c2ccncc2-c2nn[nH]n2)cc1. The van der Waals surface area contributed by atoms with Crippen molar-refractivity contribution < 1.29 is 0 Å². The van der Waals surface area contributed by atoms with Crippen molar-refractivity contribution in [1.29, 1.82) is 0 Å². The van der Waals surface area contributed by atoms with Crippen LogP contribution in [0.3, 0.4) is 0 Å². The van der Waals surface area contributed by atoms with Crippen LogP contribution in [0.2, 0.25) is 0 Å². The van der Waals surface area contributed by atoms with Gasteiger partial charge in [0.15, 0.2) is 0 Å². The first kappa shape index (κ1) is 26.3. The van der Waals surface area contributed by atoms with Crippen molar-refractivity contribution in [3.8, 4) is 28.2 Å². The van der Waals surface area contributed by atoms with Crippen LogP contribution in [-0.2, 0) is 13.0 Å². The highest BCUT2D eigenvalue weighted by Crippen LogP contribution is 2.31. The van der Waals surface area contributed by atoms with Gasteiger partial charge in [0.1, 0.15) is 0 Å². The number of H-pyrrole nitrogens is 1. The molecule has 39 heavy (non-hydrogen) atoms. The van der Waals surface area contributed by atoms with Crippen molar-refractivity contribution in [2.45, 2.75) is 65.8 Å². The summed E-state index contributed by atoms with van der Waals surface area (Å²) in [7, 11) is 0.